The molecule has 0 unspecified atom stereocenters. The minimum absolute atomic E-state index is 0.452. The second-order valence-corrected chi connectivity index (χ2v) is 5.70. The fourth-order valence-electron chi connectivity index (χ4n) is 0.837. The molecule has 0 rings (SSSR count). The zero-order valence-electron chi connectivity index (χ0n) is 9.10. The van der Waals surface area contributed by atoms with Crippen molar-refractivity contribution in [2.24, 2.45) is 0 Å². The molecular weight excluding hydrogens is 273 g/mol. The first-order valence-corrected chi connectivity index (χ1v) is 8.37. The summed E-state index contributed by atoms with van der Waals surface area (Å²) in [6, 6.07) is 0.505. The zero-order chi connectivity index (χ0) is 10.1. The third-order valence-corrected chi connectivity index (χ3v) is 3.47. The van der Waals surface area contributed by atoms with E-state index in [-0.39, 0.29) is 0 Å². The summed E-state index contributed by atoms with van der Waals surface area (Å²) >= 11 is 0.452. The van der Waals surface area contributed by atoms with Crippen LogP contribution in [0.2, 0.25) is 0 Å². The van der Waals surface area contributed by atoms with Gasteiger partial charge in [0.15, 0.2) is 0 Å². The molecule has 0 aromatic carbocycles. The maximum atomic E-state index is 3.48. The van der Waals surface area contributed by atoms with Gasteiger partial charge in [0.1, 0.15) is 0 Å². The first-order valence-electron chi connectivity index (χ1n) is 4.69. The topological polar surface area (TPSA) is 12.0 Å². The Morgan fingerprint density at radius 2 is 2.23 bits per heavy atom. The number of rotatable bonds is 6. The molecule has 0 spiro atoms. The van der Waals surface area contributed by atoms with Crippen LogP contribution in [0, 0.1) is 0 Å². The van der Waals surface area contributed by atoms with Crippen LogP contribution in [0.5, 0.6) is 0 Å². The molecular formula is C11H21IN-. The second kappa shape index (κ2) is 8.75. The summed E-state index contributed by atoms with van der Waals surface area (Å²) in [4.78, 5) is 2.32. The number of alkyl halides is 2. The molecule has 0 aliphatic heterocycles. The molecule has 78 valence electrons. The molecule has 0 aliphatic carbocycles. The van der Waals surface area contributed by atoms with Crippen LogP contribution < -0.4 is 26.5 Å². The molecule has 0 aromatic rings. The van der Waals surface area contributed by atoms with Crippen molar-refractivity contribution in [2.45, 2.75) is 26.8 Å². The normalized spacial score (nSPS) is 15.5. The Morgan fingerprint density at radius 1 is 1.54 bits per heavy atom. The summed E-state index contributed by atoms with van der Waals surface area (Å²) in [5, 5.41) is 3.48. The van der Waals surface area contributed by atoms with E-state index in [1.807, 2.05) is 0 Å². The fourth-order valence-corrected chi connectivity index (χ4v) is 1.69. The Hall–Kier alpha value is 0.170. The predicted octanol–water partition coefficient (Wildman–Crippen LogP) is -0.794. The van der Waals surface area contributed by atoms with Crippen molar-refractivity contribution in [3.05, 3.63) is 23.8 Å². The molecule has 0 heterocycles. The summed E-state index contributed by atoms with van der Waals surface area (Å²) in [5.41, 5.74) is 1.33. The van der Waals surface area contributed by atoms with Crippen molar-refractivity contribution in [3.63, 3.8) is 0 Å². The Labute approximate surface area is 92.9 Å². The van der Waals surface area contributed by atoms with E-state index in [0.29, 0.717) is 27.2 Å². The van der Waals surface area contributed by atoms with Crippen LogP contribution in [0.25, 0.3) is 0 Å². The van der Waals surface area contributed by atoms with E-state index in [0.717, 1.165) is 0 Å². The van der Waals surface area contributed by atoms with Crippen molar-refractivity contribution in [2.75, 3.05) is 15.9 Å². The summed E-state index contributed by atoms with van der Waals surface area (Å²) in [6.07, 6.45) is 6.53. The van der Waals surface area contributed by atoms with Gasteiger partial charge >= 0.3 is 93.0 Å². The van der Waals surface area contributed by atoms with Gasteiger partial charge in [-0.2, -0.15) is 0 Å². The number of allylic oxidation sites excluding steroid dienone is 3. The zero-order valence-corrected chi connectivity index (χ0v) is 11.3. The van der Waals surface area contributed by atoms with Crippen molar-refractivity contribution < 1.29 is 21.2 Å². The van der Waals surface area contributed by atoms with Crippen LogP contribution in [0.15, 0.2) is 23.8 Å². The predicted molar refractivity (Wildman–Crippen MR) is 56.8 cm³/mol. The van der Waals surface area contributed by atoms with Gasteiger partial charge in [-0.25, -0.2) is 0 Å². The molecule has 0 saturated heterocycles. The first kappa shape index (κ1) is 13.2. The maximum absolute atomic E-state index is 3.48. The number of halogens is 1. The first-order chi connectivity index (χ1) is 6.20. The van der Waals surface area contributed by atoms with Gasteiger partial charge in [-0.15, -0.1) is 0 Å². The molecule has 0 aliphatic rings. The summed E-state index contributed by atoms with van der Waals surface area (Å²) < 4.78 is 1.37. The van der Waals surface area contributed by atoms with Gasteiger partial charge < -0.3 is 0 Å². The Balaban J connectivity index is 3.61. The molecule has 2 heteroatoms. The molecule has 0 saturated carbocycles. The number of hydrogen-bond acceptors (Lipinski definition) is 1. The second-order valence-electron chi connectivity index (χ2n) is 3.09. The Kier molecular flexibility index (Phi) is 8.87. The molecule has 0 amide bonds. The van der Waals surface area contributed by atoms with Gasteiger partial charge in [0.25, 0.3) is 0 Å². The Morgan fingerprint density at radius 3 is 2.77 bits per heavy atom. The van der Waals surface area contributed by atoms with E-state index < -0.39 is 0 Å². The third-order valence-electron chi connectivity index (χ3n) is 1.85. The minimum atomic E-state index is 0.452. The fraction of sp³-hybridized carbons (Fsp3) is 0.636. The van der Waals surface area contributed by atoms with Gasteiger partial charge in [0.05, 0.1) is 0 Å². The molecule has 1 atom stereocenters. The standard InChI is InChI=1S/C11H21IN/c1-5-10(2)6-7-11(3)13-9-8-12-4/h5-7,11,13H,8-9H2,1-4H3/q-1/b7-6-,10-5-/t11-/m1/s1. The average Bonchev–Trinajstić information content (AvgIpc) is 2.14. The molecule has 13 heavy (non-hydrogen) atoms. The summed E-state index contributed by atoms with van der Waals surface area (Å²) in [7, 11) is 0. The quantitative estimate of drug-likeness (QED) is 0.293. The Bertz CT molecular complexity index is 173. The van der Waals surface area contributed by atoms with Crippen molar-refractivity contribution >= 4 is 0 Å². The van der Waals surface area contributed by atoms with Gasteiger partial charge in [-0.05, 0) is 0 Å². The molecule has 0 bridgehead atoms. The van der Waals surface area contributed by atoms with E-state index in [1.165, 1.54) is 16.5 Å². The van der Waals surface area contributed by atoms with Crippen molar-refractivity contribution in [1.82, 2.24) is 5.32 Å². The molecule has 0 aromatic heterocycles. The summed E-state index contributed by atoms with van der Waals surface area (Å²) in [5.74, 6) is 0. The van der Waals surface area contributed by atoms with Gasteiger partial charge in [0.2, 0.25) is 0 Å². The van der Waals surface area contributed by atoms with Crippen LogP contribution in [0.3, 0.4) is 0 Å². The van der Waals surface area contributed by atoms with Crippen LogP contribution in [0.4, 0.5) is 0 Å². The molecule has 1 nitrogen and oxygen atoms in total. The SMILES string of the molecule is C/C=C(C)\C=C/[C@@H](C)NCC[I-]C. The molecule has 1 N–H and O–H groups in total. The van der Waals surface area contributed by atoms with Gasteiger partial charge in [-0.1, -0.05) is 0 Å². The molecule has 0 fully saturated rings. The monoisotopic (exact) mass is 294 g/mol. The van der Waals surface area contributed by atoms with E-state index in [4.69, 9.17) is 0 Å². The molecule has 0 radical (unpaired) electrons. The van der Waals surface area contributed by atoms with E-state index in [1.54, 1.807) is 0 Å². The van der Waals surface area contributed by atoms with E-state index in [2.05, 4.69) is 49.2 Å². The van der Waals surface area contributed by atoms with Gasteiger partial charge in [0, 0.05) is 0 Å². The van der Waals surface area contributed by atoms with Crippen LogP contribution >= 0.6 is 0 Å². The summed E-state index contributed by atoms with van der Waals surface area (Å²) in [6.45, 7) is 7.57. The van der Waals surface area contributed by atoms with E-state index >= 15 is 0 Å². The number of hydrogen-bond donors (Lipinski definition) is 1. The number of nitrogens with one attached hydrogen (secondary N) is 1. The van der Waals surface area contributed by atoms with E-state index in [9.17, 15) is 0 Å². The van der Waals surface area contributed by atoms with Crippen LogP contribution in [0.1, 0.15) is 20.8 Å². The van der Waals surface area contributed by atoms with Crippen LogP contribution in [-0.2, 0) is 0 Å². The third kappa shape index (κ3) is 8.50. The average molecular weight is 294 g/mol. The van der Waals surface area contributed by atoms with Crippen molar-refractivity contribution in [3.8, 4) is 0 Å². The van der Waals surface area contributed by atoms with Crippen LogP contribution in [-0.4, -0.2) is 21.9 Å². The van der Waals surface area contributed by atoms with Crippen molar-refractivity contribution in [1.29, 1.82) is 0 Å². The van der Waals surface area contributed by atoms with Gasteiger partial charge in [-0.3, -0.25) is 0 Å².